The number of carboxylic acid groups (broad SMARTS) is 1. The van der Waals surface area contributed by atoms with Crippen molar-refractivity contribution >= 4 is 11.7 Å². The van der Waals surface area contributed by atoms with Crippen molar-refractivity contribution in [2.45, 2.75) is 32.6 Å². The van der Waals surface area contributed by atoms with Crippen molar-refractivity contribution < 1.29 is 9.90 Å². The zero-order valence-corrected chi connectivity index (χ0v) is 10.6. The Hall–Kier alpha value is -1.58. The topological polar surface area (TPSA) is 62.2 Å². The summed E-state index contributed by atoms with van der Waals surface area (Å²) >= 11 is 0. The highest BCUT2D eigenvalue weighted by Crippen LogP contribution is 2.61. The largest absolute Gasteiger partial charge is 0.478 e. The van der Waals surface area contributed by atoms with Crippen LogP contribution in [0.15, 0.2) is 12.3 Å². The van der Waals surface area contributed by atoms with E-state index in [1.54, 1.807) is 0 Å². The van der Waals surface area contributed by atoms with Gasteiger partial charge >= 0.3 is 5.97 Å². The highest BCUT2D eigenvalue weighted by atomic mass is 16.4. The summed E-state index contributed by atoms with van der Waals surface area (Å²) in [7, 11) is 0. The molecule has 2 fully saturated rings. The smallest absolute Gasteiger partial charge is 0.339 e. The summed E-state index contributed by atoms with van der Waals surface area (Å²) in [5.41, 5.74) is 2.29. The summed E-state index contributed by atoms with van der Waals surface area (Å²) in [5, 5.41) is 12.5. The Labute approximate surface area is 106 Å². The molecule has 4 heteroatoms. The monoisotopic (exact) mass is 246 g/mol. The summed E-state index contributed by atoms with van der Waals surface area (Å²) in [6, 6.07) is 1.83. The predicted octanol–water partition coefficient (Wildman–Crippen LogP) is 2.69. The molecule has 0 unspecified atom stereocenters. The maximum atomic E-state index is 11.1. The molecule has 2 aliphatic carbocycles. The number of hydrogen-bond acceptors (Lipinski definition) is 3. The summed E-state index contributed by atoms with van der Waals surface area (Å²) in [6.45, 7) is 2.78. The van der Waals surface area contributed by atoms with E-state index in [4.69, 9.17) is 5.11 Å². The molecule has 1 aromatic rings. The van der Waals surface area contributed by atoms with Gasteiger partial charge < -0.3 is 10.4 Å². The minimum atomic E-state index is -0.915. The lowest BCUT2D eigenvalue weighted by Gasteiger charge is -2.17. The molecule has 0 radical (unpaired) electrons. The minimum Gasteiger partial charge on any atom is -0.478 e. The van der Waals surface area contributed by atoms with Gasteiger partial charge in [-0.1, -0.05) is 0 Å². The zero-order chi connectivity index (χ0) is 12.8. The van der Waals surface area contributed by atoms with Crippen LogP contribution in [0.1, 0.15) is 41.7 Å². The first-order valence-corrected chi connectivity index (χ1v) is 6.54. The quantitative estimate of drug-likeness (QED) is 0.838. The Morgan fingerprint density at radius 2 is 2.28 bits per heavy atom. The van der Waals surface area contributed by atoms with E-state index in [2.05, 4.69) is 10.3 Å². The molecular formula is C14H18N2O2. The molecule has 18 heavy (non-hydrogen) atoms. The van der Waals surface area contributed by atoms with Crippen LogP contribution in [0.5, 0.6) is 0 Å². The van der Waals surface area contributed by atoms with Crippen LogP contribution in [0.2, 0.25) is 0 Å². The molecule has 0 saturated heterocycles. The normalized spacial score (nSPS) is 20.5. The van der Waals surface area contributed by atoms with E-state index < -0.39 is 5.97 Å². The minimum absolute atomic E-state index is 0.271. The first kappa shape index (κ1) is 11.5. The summed E-state index contributed by atoms with van der Waals surface area (Å²) < 4.78 is 0. The number of aromatic carboxylic acids is 1. The van der Waals surface area contributed by atoms with Crippen molar-refractivity contribution in [2.24, 2.45) is 11.3 Å². The van der Waals surface area contributed by atoms with Crippen molar-refractivity contribution in [2.75, 3.05) is 11.9 Å². The van der Waals surface area contributed by atoms with E-state index in [9.17, 15) is 4.79 Å². The van der Waals surface area contributed by atoms with Crippen molar-refractivity contribution in [1.82, 2.24) is 4.98 Å². The molecular weight excluding hydrogens is 228 g/mol. The summed E-state index contributed by atoms with van der Waals surface area (Å²) in [5.74, 6) is -0.0394. The maximum Gasteiger partial charge on any atom is 0.339 e. The van der Waals surface area contributed by atoms with Crippen molar-refractivity contribution in [3.8, 4) is 0 Å². The van der Waals surface area contributed by atoms with E-state index >= 15 is 0 Å². The van der Waals surface area contributed by atoms with E-state index in [-0.39, 0.29) is 5.56 Å². The van der Waals surface area contributed by atoms with Gasteiger partial charge in [-0.05, 0) is 50.0 Å². The van der Waals surface area contributed by atoms with E-state index in [1.165, 1.54) is 31.9 Å². The first-order chi connectivity index (χ1) is 8.61. The fourth-order valence-corrected chi connectivity index (χ4v) is 2.73. The van der Waals surface area contributed by atoms with Gasteiger partial charge in [-0.25, -0.2) is 4.79 Å². The molecule has 0 atom stereocenters. The molecule has 3 rings (SSSR count). The van der Waals surface area contributed by atoms with Gasteiger partial charge in [0, 0.05) is 18.4 Å². The number of anilines is 1. The number of rotatable bonds is 5. The number of pyridine rings is 1. The molecule has 0 amide bonds. The molecule has 0 spiro atoms. The zero-order valence-electron chi connectivity index (χ0n) is 10.6. The van der Waals surface area contributed by atoms with Crippen LogP contribution < -0.4 is 5.32 Å². The highest BCUT2D eigenvalue weighted by Gasteiger charge is 2.53. The lowest BCUT2D eigenvalue weighted by molar-refractivity contribution is 0.0697. The molecule has 0 bridgehead atoms. The van der Waals surface area contributed by atoms with Gasteiger partial charge in [-0.3, -0.25) is 4.98 Å². The van der Waals surface area contributed by atoms with Gasteiger partial charge in [-0.2, -0.15) is 0 Å². The number of hydrogen-bond donors (Lipinski definition) is 2. The van der Waals surface area contributed by atoms with Gasteiger partial charge in [0.15, 0.2) is 0 Å². The molecule has 0 aromatic carbocycles. The molecule has 1 aromatic heterocycles. The number of nitrogens with one attached hydrogen (secondary N) is 1. The molecule has 1 heterocycles. The molecule has 2 saturated carbocycles. The molecule has 0 aliphatic heterocycles. The molecule has 96 valence electrons. The second-order valence-electron chi connectivity index (χ2n) is 5.67. The second-order valence-corrected chi connectivity index (χ2v) is 5.67. The Morgan fingerprint density at radius 1 is 1.56 bits per heavy atom. The fraction of sp³-hybridized carbons (Fsp3) is 0.571. The van der Waals surface area contributed by atoms with Gasteiger partial charge in [0.05, 0.1) is 5.69 Å². The van der Waals surface area contributed by atoms with Crippen LogP contribution in [-0.4, -0.2) is 22.6 Å². The number of carbonyl (C=O) groups is 1. The summed E-state index contributed by atoms with van der Waals surface area (Å²) in [6.07, 6.45) is 6.72. The predicted molar refractivity (Wildman–Crippen MR) is 68.8 cm³/mol. The van der Waals surface area contributed by atoms with Crippen molar-refractivity contribution in [3.63, 3.8) is 0 Å². The lowest BCUT2D eigenvalue weighted by Crippen LogP contribution is -2.19. The molecule has 2 aliphatic rings. The molecule has 2 N–H and O–H groups in total. The number of nitrogens with zero attached hydrogens (tertiary/aromatic N) is 1. The third kappa shape index (κ3) is 2.07. The van der Waals surface area contributed by atoms with E-state index in [1.807, 2.05) is 13.0 Å². The maximum absolute atomic E-state index is 11.1. The van der Waals surface area contributed by atoms with Gasteiger partial charge in [0.2, 0.25) is 0 Å². The van der Waals surface area contributed by atoms with Crippen LogP contribution in [-0.2, 0) is 0 Å². The van der Waals surface area contributed by atoms with E-state index in [0.717, 1.165) is 18.2 Å². The average Bonchev–Trinajstić information content (AvgIpc) is 3.18. The Bertz CT molecular complexity index is 491. The third-order valence-corrected chi connectivity index (χ3v) is 4.24. The van der Waals surface area contributed by atoms with Crippen LogP contribution >= 0.6 is 0 Å². The van der Waals surface area contributed by atoms with Crippen LogP contribution in [0.4, 0.5) is 5.69 Å². The van der Waals surface area contributed by atoms with Crippen LogP contribution in [0.3, 0.4) is 0 Å². The average molecular weight is 246 g/mol. The number of aromatic nitrogens is 1. The van der Waals surface area contributed by atoms with E-state index in [0.29, 0.717) is 11.1 Å². The second kappa shape index (κ2) is 3.97. The number of aryl methyl sites for hydroxylation is 1. The lowest BCUT2D eigenvalue weighted by atomic mass is 10.0. The van der Waals surface area contributed by atoms with Gasteiger partial charge in [0.1, 0.15) is 5.56 Å². The van der Waals surface area contributed by atoms with Crippen LogP contribution in [0.25, 0.3) is 0 Å². The standard InChI is InChI=1S/C14H18N2O2/c1-9-6-12(11(7-15-9)13(17)18)16-8-14(4-5-14)10-2-3-10/h6-7,10H,2-5,8H2,1H3,(H,15,16)(H,17,18). The Morgan fingerprint density at radius 3 is 2.83 bits per heavy atom. The summed E-state index contributed by atoms with van der Waals surface area (Å²) in [4.78, 5) is 15.2. The molecule has 4 nitrogen and oxygen atoms in total. The van der Waals surface area contributed by atoms with Gasteiger partial charge in [-0.15, -0.1) is 0 Å². The Kier molecular flexibility index (Phi) is 2.54. The first-order valence-electron chi connectivity index (χ1n) is 6.54. The SMILES string of the molecule is Cc1cc(NCC2(C3CC3)CC2)c(C(=O)O)cn1. The van der Waals surface area contributed by atoms with Crippen LogP contribution in [0, 0.1) is 18.3 Å². The van der Waals surface area contributed by atoms with Gasteiger partial charge in [0.25, 0.3) is 0 Å². The number of carboxylic acids is 1. The highest BCUT2D eigenvalue weighted by molar-refractivity contribution is 5.93. The third-order valence-electron chi connectivity index (χ3n) is 4.24. The fourth-order valence-electron chi connectivity index (χ4n) is 2.73. The van der Waals surface area contributed by atoms with Crippen molar-refractivity contribution in [1.29, 1.82) is 0 Å². The Balaban J connectivity index is 1.75. The van der Waals surface area contributed by atoms with Crippen molar-refractivity contribution in [3.05, 3.63) is 23.5 Å².